The normalized spacial score (nSPS) is 13.8. The van der Waals surface area contributed by atoms with Crippen molar-refractivity contribution in [3.05, 3.63) is 72.1 Å². The van der Waals surface area contributed by atoms with E-state index < -0.39 is 11.6 Å². The second-order valence-electron chi connectivity index (χ2n) is 8.50. The van der Waals surface area contributed by atoms with Gasteiger partial charge in [0.2, 0.25) is 0 Å². The van der Waals surface area contributed by atoms with Gasteiger partial charge in [0, 0.05) is 11.3 Å². The van der Waals surface area contributed by atoms with Gasteiger partial charge in [0.25, 0.3) is 0 Å². The van der Waals surface area contributed by atoms with E-state index in [1.807, 2.05) is 38.1 Å². The summed E-state index contributed by atoms with van der Waals surface area (Å²) in [4.78, 5) is 20.4. The summed E-state index contributed by atoms with van der Waals surface area (Å²) in [5.41, 5.74) is 3.49. The SMILES string of the molecule is COc1c(NC(=O)Nc2ccc3[nH]c(-c4cccc(F)c4)nc3c2)ccc2c1C=CC(C)(C)O2. The molecular weight excluding hydrogens is 435 g/mol. The van der Waals surface area contributed by atoms with Crippen LogP contribution in [0.2, 0.25) is 0 Å². The molecule has 0 spiro atoms. The molecule has 0 bridgehead atoms. The van der Waals surface area contributed by atoms with Crippen LogP contribution < -0.4 is 20.1 Å². The van der Waals surface area contributed by atoms with Gasteiger partial charge in [-0.1, -0.05) is 12.1 Å². The van der Waals surface area contributed by atoms with E-state index in [4.69, 9.17) is 9.47 Å². The quantitative estimate of drug-likeness (QED) is 0.339. The molecule has 0 aliphatic carbocycles. The third kappa shape index (κ3) is 4.17. The van der Waals surface area contributed by atoms with Gasteiger partial charge < -0.3 is 25.1 Å². The summed E-state index contributed by atoms with van der Waals surface area (Å²) in [6.07, 6.45) is 3.88. The van der Waals surface area contributed by atoms with Gasteiger partial charge in [0.1, 0.15) is 23.0 Å². The average molecular weight is 458 g/mol. The molecule has 0 unspecified atom stereocenters. The molecule has 7 nitrogen and oxygen atoms in total. The van der Waals surface area contributed by atoms with Gasteiger partial charge in [0.05, 0.1) is 29.4 Å². The highest BCUT2D eigenvalue weighted by Gasteiger charge is 2.25. The Kier molecular flexibility index (Phi) is 5.20. The topological polar surface area (TPSA) is 88.3 Å². The number of hydrogen-bond acceptors (Lipinski definition) is 4. The molecule has 0 atom stereocenters. The number of imidazole rings is 1. The largest absolute Gasteiger partial charge is 0.494 e. The predicted molar refractivity (Wildman–Crippen MR) is 131 cm³/mol. The number of halogens is 1. The van der Waals surface area contributed by atoms with Crippen molar-refractivity contribution in [3.63, 3.8) is 0 Å². The molecular formula is C26H23FN4O3. The van der Waals surface area contributed by atoms with Crippen LogP contribution in [0.15, 0.2) is 60.7 Å². The zero-order valence-corrected chi connectivity index (χ0v) is 18.9. The molecule has 1 aliphatic rings. The van der Waals surface area contributed by atoms with Crippen molar-refractivity contribution in [3.8, 4) is 22.9 Å². The van der Waals surface area contributed by atoms with E-state index in [9.17, 15) is 9.18 Å². The molecule has 5 rings (SSSR count). The van der Waals surface area contributed by atoms with Crippen molar-refractivity contribution in [1.82, 2.24) is 9.97 Å². The number of ether oxygens (including phenoxy) is 2. The summed E-state index contributed by atoms with van der Waals surface area (Å²) in [6, 6.07) is 14.6. The van der Waals surface area contributed by atoms with Crippen molar-refractivity contribution >= 4 is 34.5 Å². The lowest BCUT2D eigenvalue weighted by atomic mass is 10.0. The van der Waals surface area contributed by atoms with Gasteiger partial charge in [-0.25, -0.2) is 14.2 Å². The van der Waals surface area contributed by atoms with E-state index in [0.717, 1.165) is 11.1 Å². The Hall–Kier alpha value is -4.33. The Morgan fingerprint density at radius 2 is 1.97 bits per heavy atom. The number of nitrogens with zero attached hydrogens (tertiary/aromatic N) is 1. The molecule has 0 fully saturated rings. The molecule has 1 aromatic heterocycles. The molecule has 172 valence electrons. The monoisotopic (exact) mass is 458 g/mol. The zero-order valence-electron chi connectivity index (χ0n) is 18.9. The van der Waals surface area contributed by atoms with E-state index >= 15 is 0 Å². The number of anilines is 2. The molecule has 34 heavy (non-hydrogen) atoms. The fourth-order valence-electron chi connectivity index (χ4n) is 3.89. The van der Waals surface area contributed by atoms with Crippen molar-refractivity contribution in [2.24, 2.45) is 0 Å². The van der Waals surface area contributed by atoms with Gasteiger partial charge in [-0.15, -0.1) is 0 Å². The van der Waals surface area contributed by atoms with Crippen molar-refractivity contribution < 1.29 is 18.7 Å². The average Bonchev–Trinajstić information content (AvgIpc) is 3.22. The Balaban J connectivity index is 1.35. The van der Waals surface area contributed by atoms with E-state index in [0.29, 0.717) is 39.8 Å². The zero-order chi connectivity index (χ0) is 23.9. The van der Waals surface area contributed by atoms with E-state index in [1.54, 1.807) is 37.4 Å². The third-order valence-corrected chi connectivity index (χ3v) is 5.47. The van der Waals surface area contributed by atoms with Crippen LogP contribution in [0.3, 0.4) is 0 Å². The van der Waals surface area contributed by atoms with Gasteiger partial charge in [0.15, 0.2) is 5.75 Å². The van der Waals surface area contributed by atoms with Gasteiger partial charge >= 0.3 is 6.03 Å². The highest BCUT2D eigenvalue weighted by molar-refractivity contribution is 6.02. The highest BCUT2D eigenvalue weighted by atomic mass is 19.1. The number of aromatic nitrogens is 2. The first kappa shape index (κ1) is 21.5. The number of carbonyl (C=O) groups excluding carboxylic acids is 1. The van der Waals surface area contributed by atoms with Crippen LogP contribution in [0.5, 0.6) is 11.5 Å². The Labute approximate surface area is 195 Å². The summed E-state index contributed by atoms with van der Waals surface area (Å²) < 4.78 is 25.1. The van der Waals surface area contributed by atoms with Crippen molar-refractivity contribution in [2.45, 2.75) is 19.4 Å². The molecule has 0 radical (unpaired) electrons. The minimum absolute atomic E-state index is 0.333. The Bertz CT molecular complexity index is 1440. The van der Waals surface area contributed by atoms with Crippen LogP contribution >= 0.6 is 0 Å². The summed E-state index contributed by atoms with van der Waals surface area (Å²) >= 11 is 0. The first-order chi connectivity index (χ1) is 16.3. The summed E-state index contributed by atoms with van der Waals surface area (Å²) in [7, 11) is 1.55. The van der Waals surface area contributed by atoms with E-state index in [2.05, 4.69) is 20.6 Å². The number of carbonyl (C=O) groups is 1. The van der Waals surface area contributed by atoms with Crippen LogP contribution in [-0.4, -0.2) is 28.7 Å². The Morgan fingerprint density at radius 3 is 2.76 bits per heavy atom. The second-order valence-corrected chi connectivity index (χ2v) is 8.50. The molecule has 3 aromatic carbocycles. The number of urea groups is 1. The summed E-state index contributed by atoms with van der Waals surface area (Å²) in [6.45, 7) is 3.94. The number of benzene rings is 3. The minimum Gasteiger partial charge on any atom is -0.494 e. The maximum absolute atomic E-state index is 13.6. The van der Waals surface area contributed by atoms with E-state index in [-0.39, 0.29) is 5.82 Å². The van der Waals surface area contributed by atoms with Gasteiger partial charge in [-0.2, -0.15) is 0 Å². The van der Waals surface area contributed by atoms with Gasteiger partial charge in [-0.05, 0) is 68.5 Å². The van der Waals surface area contributed by atoms with Crippen molar-refractivity contribution in [1.29, 1.82) is 0 Å². The van der Waals surface area contributed by atoms with Crippen LogP contribution in [0.25, 0.3) is 28.5 Å². The number of H-pyrrole nitrogens is 1. The maximum Gasteiger partial charge on any atom is 0.323 e. The molecule has 0 saturated heterocycles. The molecule has 4 aromatic rings. The molecule has 2 heterocycles. The first-order valence-electron chi connectivity index (χ1n) is 10.7. The van der Waals surface area contributed by atoms with Crippen LogP contribution in [-0.2, 0) is 0 Å². The molecule has 2 amide bonds. The fraction of sp³-hybridized carbons (Fsp3) is 0.154. The molecule has 8 heteroatoms. The van der Waals surface area contributed by atoms with E-state index in [1.165, 1.54) is 12.1 Å². The smallest absolute Gasteiger partial charge is 0.323 e. The predicted octanol–water partition coefficient (Wildman–Crippen LogP) is 6.21. The number of aromatic amines is 1. The lowest BCUT2D eigenvalue weighted by molar-refractivity contribution is 0.158. The first-order valence-corrected chi connectivity index (χ1v) is 10.7. The molecule has 3 N–H and O–H groups in total. The minimum atomic E-state index is -0.431. The van der Waals surface area contributed by atoms with Gasteiger partial charge in [-0.3, -0.25) is 0 Å². The number of hydrogen-bond donors (Lipinski definition) is 3. The number of amides is 2. The van der Waals surface area contributed by atoms with Crippen molar-refractivity contribution in [2.75, 3.05) is 17.7 Å². The lowest BCUT2D eigenvalue weighted by Crippen LogP contribution is -2.27. The number of rotatable bonds is 4. The number of nitrogens with one attached hydrogen (secondary N) is 3. The third-order valence-electron chi connectivity index (χ3n) is 5.47. The number of methoxy groups -OCH3 is 1. The maximum atomic E-state index is 13.6. The fourth-order valence-corrected chi connectivity index (χ4v) is 3.89. The number of fused-ring (bicyclic) bond motifs is 2. The summed E-state index contributed by atoms with van der Waals surface area (Å²) in [5.74, 6) is 1.42. The molecule has 1 aliphatic heterocycles. The summed E-state index contributed by atoms with van der Waals surface area (Å²) in [5, 5.41) is 5.65. The molecule has 0 saturated carbocycles. The standard InChI is InChI=1S/C26H23FN4O3/c1-26(2)12-11-18-22(34-26)10-9-20(23(18)33-3)31-25(32)28-17-7-8-19-21(14-17)30-24(29-19)15-5-4-6-16(27)13-15/h4-14H,1-3H3,(H,29,30)(H2,28,31,32). The Morgan fingerprint density at radius 1 is 1.12 bits per heavy atom. The van der Waals surface area contributed by atoms with Crippen LogP contribution in [0, 0.1) is 5.82 Å². The second kappa shape index (κ2) is 8.22. The highest BCUT2D eigenvalue weighted by Crippen LogP contribution is 2.41. The lowest BCUT2D eigenvalue weighted by Gasteiger charge is -2.29. The van der Waals surface area contributed by atoms with Crippen LogP contribution in [0.4, 0.5) is 20.6 Å². The van der Waals surface area contributed by atoms with Crippen LogP contribution in [0.1, 0.15) is 19.4 Å².